The Morgan fingerprint density at radius 3 is 1.90 bits per heavy atom. The van der Waals surface area contributed by atoms with Crippen LogP contribution in [0.1, 0.15) is 5.56 Å². The molecule has 0 heterocycles. The van der Waals surface area contributed by atoms with Gasteiger partial charge in [-0.05, 0) is 0 Å². The maximum absolute atomic E-state index is 6.69. The van der Waals surface area contributed by atoms with Gasteiger partial charge in [0.15, 0.2) is 0 Å². The molecule has 0 N–H and O–H groups in total. The van der Waals surface area contributed by atoms with Crippen LogP contribution in [-0.2, 0) is 32.7 Å². The fourth-order valence-corrected chi connectivity index (χ4v) is 0.521. The third kappa shape index (κ3) is 3.82. The van der Waals surface area contributed by atoms with Crippen molar-refractivity contribution in [2.45, 2.75) is 0 Å². The first-order valence-electron chi connectivity index (χ1n) is 2.41. The summed E-state index contributed by atoms with van der Waals surface area (Å²) in [6, 6.07) is 9.37. The third-order valence-corrected chi connectivity index (χ3v) is 0.918. The maximum Gasteiger partial charge on any atom is 0 e. The molecule has 1 aromatic rings. The summed E-state index contributed by atoms with van der Waals surface area (Å²) in [4.78, 5) is 0. The second-order valence-electron chi connectivity index (χ2n) is 1.49. The van der Waals surface area contributed by atoms with Gasteiger partial charge in [-0.1, -0.05) is 18.2 Å². The Morgan fingerprint density at radius 2 is 1.60 bits per heavy atom. The Morgan fingerprint density at radius 1 is 1.10 bits per heavy atom. The van der Waals surface area contributed by atoms with Crippen LogP contribution in [0.15, 0.2) is 30.3 Å². The molecule has 1 aromatic carbocycles. The molecule has 0 bridgehead atoms. The first kappa shape index (κ1) is 12.6. The predicted octanol–water partition coefficient (Wildman–Crippen LogP) is 2.07. The van der Waals surface area contributed by atoms with Crippen LogP contribution in [0.5, 0.6) is 0 Å². The zero-order valence-electron chi connectivity index (χ0n) is 5.96. The number of hydrogen-bond donors (Lipinski definition) is 0. The average Bonchev–Trinajstić information content (AvgIpc) is 1.90. The largest absolute Gasteiger partial charge is 0.366 e. The minimum absolute atomic E-state index is 0. The van der Waals surface area contributed by atoms with Gasteiger partial charge in [0.1, 0.15) is 0 Å². The van der Waals surface area contributed by atoms with Gasteiger partial charge >= 0.3 is 0 Å². The molecule has 1 radical (unpaired) electrons. The van der Waals surface area contributed by atoms with Crippen LogP contribution in [0.25, 0.3) is 0 Å². The van der Waals surface area contributed by atoms with Gasteiger partial charge in [-0.3, -0.25) is 5.92 Å². The van der Waals surface area contributed by atoms with E-state index >= 15 is 0 Å². The van der Waals surface area contributed by atoms with E-state index in [0.29, 0.717) is 0 Å². The second-order valence-corrected chi connectivity index (χ2v) is 1.49. The molecule has 0 aromatic heterocycles. The van der Waals surface area contributed by atoms with E-state index in [1.54, 1.807) is 0 Å². The minimum atomic E-state index is 0. The SMILES string of the molecule is [C-]#Cc1ccccc1.[CH3-].[Y]. The van der Waals surface area contributed by atoms with Crippen molar-refractivity contribution in [2.24, 2.45) is 0 Å². The summed E-state index contributed by atoms with van der Waals surface area (Å²) in [7, 11) is 0. The van der Waals surface area contributed by atoms with E-state index < -0.39 is 0 Å². The molecule has 0 aliphatic carbocycles. The van der Waals surface area contributed by atoms with Gasteiger partial charge in [0.05, 0.1) is 0 Å². The zero-order valence-corrected chi connectivity index (χ0v) is 8.80. The first-order valence-corrected chi connectivity index (χ1v) is 2.41. The molecule has 10 heavy (non-hydrogen) atoms. The standard InChI is InChI=1S/C8H5.CH3.Y/c1-2-8-6-4-3-5-7-8;;/h3-7H;1H3;/q2*-1;. The van der Waals surface area contributed by atoms with Crippen molar-refractivity contribution in [1.82, 2.24) is 0 Å². The molecule has 1 rings (SSSR count). The normalized spacial score (nSPS) is 6.30. The molecule has 49 valence electrons. The van der Waals surface area contributed by atoms with Crippen LogP contribution in [0.4, 0.5) is 0 Å². The van der Waals surface area contributed by atoms with Crippen LogP contribution in [0.2, 0.25) is 0 Å². The van der Waals surface area contributed by atoms with Crippen molar-refractivity contribution >= 4 is 0 Å². The summed E-state index contributed by atoms with van der Waals surface area (Å²) < 4.78 is 0. The van der Waals surface area contributed by atoms with Crippen molar-refractivity contribution in [3.63, 3.8) is 0 Å². The molecule has 0 nitrogen and oxygen atoms in total. The van der Waals surface area contributed by atoms with Gasteiger partial charge in [0.25, 0.3) is 0 Å². The molecule has 0 saturated heterocycles. The van der Waals surface area contributed by atoms with E-state index in [2.05, 4.69) is 5.92 Å². The van der Waals surface area contributed by atoms with Crippen molar-refractivity contribution in [3.05, 3.63) is 49.7 Å². The van der Waals surface area contributed by atoms with E-state index in [4.69, 9.17) is 6.42 Å². The van der Waals surface area contributed by atoms with Crippen LogP contribution in [0, 0.1) is 19.8 Å². The Hall–Kier alpha value is -0.116. The Labute approximate surface area is 87.9 Å². The van der Waals surface area contributed by atoms with Crippen molar-refractivity contribution in [1.29, 1.82) is 0 Å². The summed E-state index contributed by atoms with van der Waals surface area (Å²) in [5, 5.41) is 0. The minimum Gasteiger partial charge on any atom is -0.366 e. The number of hydrogen-bond acceptors (Lipinski definition) is 0. The number of benzene rings is 1. The topological polar surface area (TPSA) is 0 Å². The van der Waals surface area contributed by atoms with Crippen LogP contribution < -0.4 is 0 Å². The van der Waals surface area contributed by atoms with Gasteiger partial charge in [-0.25, -0.2) is 0 Å². The van der Waals surface area contributed by atoms with E-state index in [1.807, 2.05) is 30.3 Å². The summed E-state index contributed by atoms with van der Waals surface area (Å²) in [5.41, 5.74) is 0.826. The molecule has 0 fully saturated rings. The van der Waals surface area contributed by atoms with Crippen molar-refractivity contribution in [3.8, 4) is 5.92 Å². The molecular weight excluding hydrogens is 197 g/mol. The molecule has 0 saturated carbocycles. The smallest absolute Gasteiger partial charge is 0 e. The van der Waals surface area contributed by atoms with Gasteiger partial charge in [-0.15, -0.1) is 17.7 Å². The Balaban J connectivity index is 0. The Bertz CT molecular complexity index is 196. The van der Waals surface area contributed by atoms with E-state index in [-0.39, 0.29) is 40.1 Å². The van der Waals surface area contributed by atoms with Crippen molar-refractivity contribution < 1.29 is 32.7 Å². The Kier molecular flexibility index (Phi) is 8.78. The first-order chi connectivity index (χ1) is 3.93. The van der Waals surface area contributed by atoms with E-state index in [9.17, 15) is 0 Å². The monoisotopic (exact) mass is 205 g/mol. The second kappa shape index (κ2) is 7.00. The van der Waals surface area contributed by atoms with Crippen LogP contribution >= 0.6 is 0 Å². The predicted molar refractivity (Wildman–Crippen MR) is 39.1 cm³/mol. The van der Waals surface area contributed by atoms with Gasteiger partial charge in [-0.2, -0.15) is 0 Å². The molecular formula is C9H8Y-2. The van der Waals surface area contributed by atoms with Gasteiger partial charge < -0.3 is 13.9 Å². The van der Waals surface area contributed by atoms with Crippen LogP contribution in [-0.4, -0.2) is 0 Å². The maximum atomic E-state index is 6.69. The molecule has 0 amide bonds. The molecule has 0 aliphatic rings. The van der Waals surface area contributed by atoms with Gasteiger partial charge in [0.2, 0.25) is 0 Å². The fourth-order valence-electron chi connectivity index (χ4n) is 0.521. The van der Waals surface area contributed by atoms with Gasteiger partial charge in [0, 0.05) is 32.7 Å². The van der Waals surface area contributed by atoms with E-state index in [0.717, 1.165) is 5.56 Å². The quantitative estimate of drug-likeness (QED) is 0.449. The molecule has 1 heteroatoms. The average molecular weight is 205 g/mol. The molecule has 0 atom stereocenters. The number of rotatable bonds is 0. The van der Waals surface area contributed by atoms with Crippen molar-refractivity contribution in [2.75, 3.05) is 0 Å². The molecule has 0 unspecified atom stereocenters. The third-order valence-electron chi connectivity index (χ3n) is 0.918. The zero-order chi connectivity index (χ0) is 5.82. The summed E-state index contributed by atoms with van der Waals surface area (Å²) in [6.07, 6.45) is 6.69. The van der Waals surface area contributed by atoms with E-state index in [1.165, 1.54) is 0 Å². The van der Waals surface area contributed by atoms with Crippen LogP contribution in [0.3, 0.4) is 0 Å². The molecule has 0 spiro atoms. The summed E-state index contributed by atoms with van der Waals surface area (Å²) >= 11 is 0. The molecule has 0 aliphatic heterocycles. The summed E-state index contributed by atoms with van der Waals surface area (Å²) in [6.45, 7) is 0. The summed E-state index contributed by atoms with van der Waals surface area (Å²) in [5.74, 6) is 2.28. The fraction of sp³-hybridized carbons (Fsp3) is 0.